The van der Waals surface area contributed by atoms with Crippen molar-refractivity contribution in [3.8, 4) is 5.75 Å². The van der Waals surface area contributed by atoms with Crippen LogP contribution in [0.5, 0.6) is 5.75 Å². The maximum Gasteiger partial charge on any atom is 0.191 e. The highest BCUT2D eigenvalue weighted by molar-refractivity contribution is 6.29. The second-order valence-corrected chi connectivity index (χ2v) is 7.02. The van der Waals surface area contributed by atoms with Gasteiger partial charge in [-0.3, -0.25) is 4.99 Å². The van der Waals surface area contributed by atoms with Crippen LogP contribution in [-0.2, 0) is 6.42 Å². The standard InChI is InChI=1S/C21H29ClN4O2/c1-4-23-21(24-12-11-16-5-10-20(22)25-13-16)26-14-19(27)17-6-8-18(9-7-17)28-15(2)3/h5-10,13,15,19,27H,4,11-12,14H2,1-3H3,(H2,23,24,26). The Hall–Kier alpha value is -2.31. The molecule has 0 radical (unpaired) electrons. The Balaban J connectivity index is 1.87. The van der Waals surface area contributed by atoms with Crippen molar-refractivity contribution in [1.82, 2.24) is 15.6 Å². The summed E-state index contributed by atoms with van der Waals surface area (Å²) in [6, 6.07) is 11.2. The Bertz CT molecular complexity index is 733. The van der Waals surface area contributed by atoms with E-state index in [-0.39, 0.29) is 12.6 Å². The summed E-state index contributed by atoms with van der Waals surface area (Å²) in [6.07, 6.45) is 2.01. The molecule has 1 aromatic heterocycles. The number of nitrogens with one attached hydrogen (secondary N) is 2. The van der Waals surface area contributed by atoms with Gasteiger partial charge in [0.1, 0.15) is 10.9 Å². The molecule has 0 saturated carbocycles. The minimum absolute atomic E-state index is 0.123. The zero-order chi connectivity index (χ0) is 20.4. The van der Waals surface area contributed by atoms with Crippen LogP contribution in [0.4, 0.5) is 0 Å². The number of rotatable bonds is 9. The first-order valence-corrected chi connectivity index (χ1v) is 9.93. The van der Waals surface area contributed by atoms with Crippen molar-refractivity contribution in [2.75, 3.05) is 19.6 Å². The van der Waals surface area contributed by atoms with Gasteiger partial charge in [-0.15, -0.1) is 0 Å². The predicted molar refractivity (Wildman–Crippen MR) is 114 cm³/mol. The van der Waals surface area contributed by atoms with E-state index in [1.54, 1.807) is 12.3 Å². The van der Waals surface area contributed by atoms with Crippen LogP contribution < -0.4 is 15.4 Å². The van der Waals surface area contributed by atoms with Crippen molar-refractivity contribution in [3.05, 3.63) is 58.9 Å². The third-order valence-electron chi connectivity index (χ3n) is 3.90. The van der Waals surface area contributed by atoms with E-state index in [0.717, 1.165) is 29.8 Å². The van der Waals surface area contributed by atoms with E-state index in [1.165, 1.54) is 0 Å². The van der Waals surface area contributed by atoms with Crippen LogP contribution in [-0.4, -0.2) is 41.8 Å². The normalized spacial score (nSPS) is 12.7. The number of pyridine rings is 1. The number of guanidine groups is 1. The fraction of sp³-hybridized carbons (Fsp3) is 0.429. The summed E-state index contributed by atoms with van der Waals surface area (Å²) in [6.45, 7) is 7.68. The third-order valence-corrected chi connectivity index (χ3v) is 4.12. The molecule has 1 heterocycles. The highest BCUT2D eigenvalue weighted by Gasteiger charge is 2.08. The Morgan fingerprint density at radius 1 is 1.18 bits per heavy atom. The zero-order valence-corrected chi connectivity index (χ0v) is 17.4. The summed E-state index contributed by atoms with van der Waals surface area (Å²) in [7, 11) is 0. The maximum atomic E-state index is 10.4. The molecule has 3 N–H and O–H groups in total. The van der Waals surface area contributed by atoms with Gasteiger partial charge in [0, 0.05) is 19.3 Å². The minimum atomic E-state index is -0.677. The average molecular weight is 405 g/mol. The summed E-state index contributed by atoms with van der Waals surface area (Å²) in [5.74, 6) is 1.46. The third kappa shape index (κ3) is 7.74. The second-order valence-electron chi connectivity index (χ2n) is 6.64. The number of nitrogens with zero attached hydrogens (tertiary/aromatic N) is 2. The van der Waals surface area contributed by atoms with Crippen LogP contribution in [0.15, 0.2) is 47.6 Å². The number of benzene rings is 1. The Kier molecular flexibility index (Phi) is 9.04. The number of aliphatic hydroxyl groups is 1. The Labute approximate surface area is 172 Å². The SMILES string of the molecule is CCNC(=NCC(O)c1ccc(OC(C)C)cc1)NCCc1ccc(Cl)nc1. The molecule has 0 saturated heterocycles. The minimum Gasteiger partial charge on any atom is -0.491 e. The molecular weight excluding hydrogens is 376 g/mol. The summed E-state index contributed by atoms with van der Waals surface area (Å²) >= 11 is 5.80. The van der Waals surface area contributed by atoms with Crippen LogP contribution in [0.1, 0.15) is 38.0 Å². The second kappa shape index (κ2) is 11.5. The van der Waals surface area contributed by atoms with Gasteiger partial charge >= 0.3 is 0 Å². The largest absolute Gasteiger partial charge is 0.491 e. The van der Waals surface area contributed by atoms with Crippen molar-refractivity contribution in [3.63, 3.8) is 0 Å². The van der Waals surface area contributed by atoms with E-state index in [1.807, 2.05) is 51.1 Å². The monoisotopic (exact) mass is 404 g/mol. The Morgan fingerprint density at radius 3 is 2.54 bits per heavy atom. The van der Waals surface area contributed by atoms with E-state index >= 15 is 0 Å². The number of hydrogen-bond donors (Lipinski definition) is 3. The average Bonchev–Trinajstić information content (AvgIpc) is 2.67. The fourth-order valence-electron chi connectivity index (χ4n) is 2.55. The van der Waals surface area contributed by atoms with Gasteiger partial charge in [0.2, 0.25) is 0 Å². The van der Waals surface area contributed by atoms with Gasteiger partial charge in [0.05, 0.1) is 18.8 Å². The molecule has 0 spiro atoms. The van der Waals surface area contributed by atoms with E-state index in [2.05, 4.69) is 20.6 Å². The van der Waals surface area contributed by atoms with Crippen molar-refractivity contribution in [2.24, 2.45) is 4.99 Å². The number of halogens is 1. The molecule has 6 nitrogen and oxygen atoms in total. The van der Waals surface area contributed by atoms with Crippen LogP contribution in [0.2, 0.25) is 5.15 Å². The van der Waals surface area contributed by atoms with Crippen molar-refractivity contribution >= 4 is 17.6 Å². The molecule has 2 aromatic rings. The number of hydrogen-bond acceptors (Lipinski definition) is 4. The molecule has 2 rings (SSSR count). The van der Waals surface area contributed by atoms with Crippen LogP contribution >= 0.6 is 11.6 Å². The number of aliphatic hydroxyl groups excluding tert-OH is 1. The van der Waals surface area contributed by atoms with Crippen LogP contribution in [0.3, 0.4) is 0 Å². The van der Waals surface area contributed by atoms with E-state index in [9.17, 15) is 5.11 Å². The molecule has 152 valence electrons. The summed E-state index contributed by atoms with van der Waals surface area (Å²) in [4.78, 5) is 8.56. The lowest BCUT2D eigenvalue weighted by Gasteiger charge is -2.14. The number of ether oxygens (including phenoxy) is 1. The first kappa shape index (κ1) is 22.0. The van der Waals surface area contributed by atoms with E-state index < -0.39 is 6.10 Å². The number of aromatic nitrogens is 1. The molecule has 0 bridgehead atoms. The lowest BCUT2D eigenvalue weighted by atomic mass is 10.1. The highest BCUT2D eigenvalue weighted by Crippen LogP contribution is 2.19. The molecule has 0 aliphatic rings. The first-order chi connectivity index (χ1) is 13.5. The molecule has 0 amide bonds. The smallest absolute Gasteiger partial charge is 0.191 e. The maximum absolute atomic E-state index is 10.4. The van der Waals surface area contributed by atoms with Gasteiger partial charge < -0.3 is 20.5 Å². The molecule has 0 aliphatic heterocycles. The van der Waals surface area contributed by atoms with Crippen LogP contribution in [0, 0.1) is 0 Å². The Morgan fingerprint density at radius 2 is 1.93 bits per heavy atom. The van der Waals surface area contributed by atoms with Gasteiger partial charge in [-0.25, -0.2) is 4.98 Å². The van der Waals surface area contributed by atoms with Crippen LogP contribution in [0.25, 0.3) is 0 Å². The summed E-state index contributed by atoms with van der Waals surface area (Å²) in [5.41, 5.74) is 1.90. The van der Waals surface area contributed by atoms with Crippen molar-refractivity contribution in [2.45, 2.75) is 39.4 Å². The number of aliphatic imine (C=N–C) groups is 1. The predicted octanol–water partition coefficient (Wildman–Crippen LogP) is 3.35. The van der Waals surface area contributed by atoms with Gasteiger partial charge in [-0.05, 0) is 56.5 Å². The summed E-state index contributed by atoms with van der Waals surface area (Å²) in [5, 5.41) is 17.4. The van der Waals surface area contributed by atoms with Gasteiger partial charge in [-0.2, -0.15) is 0 Å². The van der Waals surface area contributed by atoms with Gasteiger partial charge in [-0.1, -0.05) is 29.8 Å². The molecule has 28 heavy (non-hydrogen) atoms. The van der Waals surface area contributed by atoms with Gasteiger partial charge in [0.25, 0.3) is 0 Å². The molecule has 7 heteroatoms. The lowest BCUT2D eigenvalue weighted by molar-refractivity contribution is 0.186. The molecule has 0 aliphatic carbocycles. The molecule has 0 fully saturated rings. The zero-order valence-electron chi connectivity index (χ0n) is 16.7. The summed E-state index contributed by atoms with van der Waals surface area (Å²) < 4.78 is 5.63. The van der Waals surface area contributed by atoms with E-state index in [4.69, 9.17) is 16.3 Å². The van der Waals surface area contributed by atoms with Crippen molar-refractivity contribution in [1.29, 1.82) is 0 Å². The quantitative estimate of drug-likeness (QED) is 0.339. The van der Waals surface area contributed by atoms with E-state index in [0.29, 0.717) is 17.7 Å². The topological polar surface area (TPSA) is 78.8 Å². The van der Waals surface area contributed by atoms with Gasteiger partial charge in [0.15, 0.2) is 5.96 Å². The lowest BCUT2D eigenvalue weighted by Crippen LogP contribution is -2.38. The highest BCUT2D eigenvalue weighted by atomic mass is 35.5. The molecule has 1 aromatic carbocycles. The molecular formula is C21H29ClN4O2. The first-order valence-electron chi connectivity index (χ1n) is 9.55. The van der Waals surface area contributed by atoms with Crippen molar-refractivity contribution < 1.29 is 9.84 Å². The fourth-order valence-corrected chi connectivity index (χ4v) is 2.66. The molecule has 1 atom stereocenters. The molecule has 1 unspecified atom stereocenters.